The van der Waals surface area contributed by atoms with E-state index in [0.717, 1.165) is 11.8 Å². The van der Waals surface area contributed by atoms with E-state index in [9.17, 15) is 0 Å². The Morgan fingerprint density at radius 3 is 2.73 bits per heavy atom. The van der Waals surface area contributed by atoms with E-state index in [1.165, 1.54) is 0 Å². The summed E-state index contributed by atoms with van der Waals surface area (Å²) < 4.78 is 0. The molecule has 56 valence electrons. The van der Waals surface area contributed by atoms with Crippen molar-refractivity contribution in [1.82, 2.24) is 0 Å². The predicted molar refractivity (Wildman–Crippen MR) is 46.1 cm³/mol. The highest BCUT2D eigenvalue weighted by Crippen LogP contribution is 2.16. The Balaban J connectivity index is 3.22. The zero-order chi connectivity index (χ0) is 8.27. The average molecular weight is 147 g/mol. The summed E-state index contributed by atoms with van der Waals surface area (Å²) in [6.45, 7) is 3.58. The van der Waals surface area contributed by atoms with Crippen LogP contribution in [-0.4, -0.2) is 11.3 Å². The second-order valence-electron chi connectivity index (χ2n) is 2.17. The van der Waals surface area contributed by atoms with Gasteiger partial charge in [-0.25, -0.2) is 0 Å². The monoisotopic (exact) mass is 147 g/mol. The molecule has 1 aromatic carbocycles. The van der Waals surface area contributed by atoms with Crippen LogP contribution >= 0.6 is 0 Å². The first-order valence-electron chi connectivity index (χ1n) is 3.24. The van der Waals surface area contributed by atoms with Gasteiger partial charge in [0.1, 0.15) is 5.75 Å². The highest BCUT2D eigenvalue weighted by Gasteiger charge is 1.96. The van der Waals surface area contributed by atoms with E-state index in [4.69, 9.17) is 10.5 Å². The molecule has 0 radical (unpaired) electrons. The molecule has 0 saturated carbocycles. The van der Waals surface area contributed by atoms with Gasteiger partial charge in [0, 0.05) is 11.8 Å². The average Bonchev–Trinajstić information content (AvgIpc) is 2.05. The Morgan fingerprint density at radius 2 is 2.18 bits per heavy atom. The van der Waals surface area contributed by atoms with E-state index in [2.05, 4.69) is 6.58 Å². The fraction of sp³-hybridized carbons (Fsp3) is 0. The van der Waals surface area contributed by atoms with Crippen molar-refractivity contribution in [3.05, 3.63) is 35.9 Å². The molecule has 0 aliphatic carbocycles. The SMILES string of the molecule is C=Cc1ccc(O)c(C=N)c1. The summed E-state index contributed by atoms with van der Waals surface area (Å²) in [6, 6.07) is 5.00. The molecule has 1 aromatic rings. The summed E-state index contributed by atoms with van der Waals surface area (Å²) in [5, 5.41) is 16.1. The van der Waals surface area contributed by atoms with Crippen LogP contribution < -0.4 is 0 Å². The standard InChI is InChI=1S/C9H9NO/c1-2-7-3-4-9(11)8(5-7)6-10/h2-6,10-11H,1H2. The number of hydrogen-bond acceptors (Lipinski definition) is 2. The molecule has 0 amide bonds. The van der Waals surface area contributed by atoms with Crippen molar-refractivity contribution in [2.45, 2.75) is 0 Å². The van der Waals surface area contributed by atoms with Crippen molar-refractivity contribution in [2.24, 2.45) is 0 Å². The zero-order valence-electron chi connectivity index (χ0n) is 6.04. The van der Waals surface area contributed by atoms with E-state index in [-0.39, 0.29) is 5.75 Å². The molecular formula is C9H9NO. The Labute approximate surface area is 65.3 Å². The van der Waals surface area contributed by atoms with Gasteiger partial charge in [-0.1, -0.05) is 18.7 Å². The maximum absolute atomic E-state index is 9.14. The van der Waals surface area contributed by atoms with Gasteiger partial charge < -0.3 is 10.5 Å². The molecule has 0 atom stereocenters. The third kappa shape index (κ3) is 1.46. The van der Waals surface area contributed by atoms with Crippen molar-refractivity contribution in [3.8, 4) is 5.75 Å². The van der Waals surface area contributed by atoms with Crippen LogP contribution in [0.25, 0.3) is 6.08 Å². The maximum atomic E-state index is 9.14. The lowest BCUT2D eigenvalue weighted by Gasteiger charge is -1.98. The Bertz CT molecular complexity index is 292. The lowest BCUT2D eigenvalue weighted by Crippen LogP contribution is -1.81. The molecule has 1 rings (SSSR count). The van der Waals surface area contributed by atoms with Gasteiger partial charge in [-0.2, -0.15) is 0 Å². The Kier molecular flexibility index (Phi) is 2.06. The van der Waals surface area contributed by atoms with Gasteiger partial charge in [0.2, 0.25) is 0 Å². The van der Waals surface area contributed by atoms with Gasteiger partial charge in [0.15, 0.2) is 0 Å². The second-order valence-corrected chi connectivity index (χ2v) is 2.17. The van der Waals surface area contributed by atoms with Gasteiger partial charge in [-0.05, 0) is 17.7 Å². The van der Waals surface area contributed by atoms with E-state index in [1.54, 1.807) is 24.3 Å². The number of phenolic OH excluding ortho intramolecular Hbond substituents is 1. The van der Waals surface area contributed by atoms with Crippen LogP contribution in [0.15, 0.2) is 24.8 Å². The molecule has 0 fully saturated rings. The zero-order valence-corrected chi connectivity index (χ0v) is 6.04. The van der Waals surface area contributed by atoms with Crippen molar-refractivity contribution in [3.63, 3.8) is 0 Å². The Morgan fingerprint density at radius 1 is 1.45 bits per heavy atom. The molecule has 0 unspecified atom stereocenters. The van der Waals surface area contributed by atoms with E-state index < -0.39 is 0 Å². The van der Waals surface area contributed by atoms with Gasteiger partial charge in [-0.15, -0.1) is 0 Å². The van der Waals surface area contributed by atoms with Crippen LogP contribution in [-0.2, 0) is 0 Å². The first kappa shape index (κ1) is 7.54. The van der Waals surface area contributed by atoms with Crippen LogP contribution in [0.3, 0.4) is 0 Å². The van der Waals surface area contributed by atoms with Crippen molar-refractivity contribution >= 4 is 12.3 Å². The van der Waals surface area contributed by atoms with Gasteiger partial charge in [-0.3, -0.25) is 0 Å². The minimum Gasteiger partial charge on any atom is -0.507 e. The van der Waals surface area contributed by atoms with Crippen molar-refractivity contribution in [2.75, 3.05) is 0 Å². The predicted octanol–water partition coefficient (Wildman–Crippen LogP) is 2.03. The summed E-state index contributed by atoms with van der Waals surface area (Å²) in [6.07, 6.45) is 2.79. The second kappa shape index (κ2) is 3.01. The van der Waals surface area contributed by atoms with Crippen molar-refractivity contribution in [1.29, 1.82) is 5.41 Å². The summed E-state index contributed by atoms with van der Waals surface area (Å²) in [5.74, 6) is 0.130. The molecule has 0 saturated heterocycles. The fourth-order valence-electron chi connectivity index (χ4n) is 0.816. The summed E-state index contributed by atoms with van der Waals surface area (Å²) in [4.78, 5) is 0. The minimum absolute atomic E-state index is 0.130. The number of benzene rings is 1. The van der Waals surface area contributed by atoms with Gasteiger partial charge in [0.05, 0.1) is 0 Å². The molecule has 0 aromatic heterocycles. The van der Waals surface area contributed by atoms with Crippen molar-refractivity contribution < 1.29 is 5.11 Å². The van der Waals surface area contributed by atoms with E-state index in [0.29, 0.717) is 5.56 Å². The number of aromatic hydroxyl groups is 1. The molecule has 0 aliphatic heterocycles. The molecule has 2 nitrogen and oxygen atoms in total. The van der Waals surface area contributed by atoms with E-state index >= 15 is 0 Å². The topological polar surface area (TPSA) is 44.1 Å². The maximum Gasteiger partial charge on any atom is 0.124 e. The quantitative estimate of drug-likeness (QED) is 0.617. The van der Waals surface area contributed by atoms with Gasteiger partial charge in [0.25, 0.3) is 0 Å². The lowest BCUT2D eigenvalue weighted by atomic mass is 10.1. The van der Waals surface area contributed by atoms with Gasteiger partial charge >= 0.3 is 0 Å². The molecule has 0 aliphatic rings. The molecule has 2 heteroatoms. The molecular weight excluding hydrogens is 138 g/mol. The van der Waals surface area contributed by atoms with Crippen LogP contribution in [0.2, 0.25) is 0 Å². The number of rotatable bonds is 2. The number of nitrogens with one attached hydrogen (secondary N) is 1. The van der Waals surface area contributed by atoms with E-state index in [1.807, 2.05) is 0 Å². The first-order chi connectivity index (χ1) is 5.27. The third-order valence-electron chi connectivity index (χ3n) is 1.44. The highest BCUT2D eigenvalue weighted by atomic mass is 16.3. The van der Waals surface area contributed by atoms with Crippen LogP contribution in [0.4, 0.5) is 0 Å². The Hall–Kier alpha value is -1.57. The fourth-order valence-corrected chi connectivity index (χ4v) is 0.816. The molecule has 0 spiro atoms. The third-order valence-corrected chi connectivity index (χ3v) is 1.44. The van der Waals surface area contributed by atoms with Crippen LogP contribution in [0.5, 0.6) is 5.75 Å². The smallest absolute Gasteiger partial charge is 0.124 e. The molecule has 0 bridgehead atoms. The summed E-state index contributed by atoms with van der Waals surface area (Å²) in [7, 11) is 0. The normalized spacial score (nSPS) is 9.09. The number of hydrogen-bond donors (Lipinski definition) is 2. The molecule has 0 heterocycles. The molecule has 2 N–H and O–H groups in total. The number of phenols is 1. The lowest BCUT2D eigenvalue weighted by molar-refractivity contribution is 0.474. The molecule has 11 heavy (non-hydrogen) atoms. The first-order valence-corrected chi connectivity index (χ1v) is 3.24. The minimum atomic E-state index is 0.130. The van der Waals surface area contributed by atoms with Crippen LogP contribution in [0.1, 0.15) is 11.1 Å². The summed E-state index contributed by atoms with van der Waals surface area (Å²) >= 11 is 0. The summed E-state index contributed by atoms with van der Waals surface area (Å²) in [5.41, 5.74) is 1.42. The largest absolute Gasteiger partial charge is 0.507 e. The van der Waals surface area contributed by atoms with Crippen LogP contribution in [0, 0.1) is 5.41 Å². The highest BCUT2D eigenvalue weighted by molar-refractivity contribution is 5.82.